The molecule has 0 saturated heterocycles. The lowest BCUT2D eigenvalue weighted by molar-refractivity contribution is -0.137. The summed E-state index contributed by atoms with van der Waals surface area (Å²) >= 11 is 0. The highest BCUT2D eigenvalue weighted by atomic mass is 19.4. The number of imidazole rings is 1. The molecule has 2 heterocycles. The first kappa shape index (κ1) is 14.7. The molecule has 0 spiro atoms. The van der Waals surface area contributed by atoms with Crippen LogP contribution in [0.25, 0.3) is 16.9 Å². The number of benzene rings is 1. The summed E-state index contributed by atoms with van der Waals surface area (Å²) in [6, 6.07) is 7.02. The van der Waals surface area contributed by atoms with Crippen molar-refractivity contribution in [3.63, 3.8) is 0 Å². The molecular formula is C17H14F3N5. The van der Waals surface area contributed by atoms with E-state index in [2.05, 4.69) is 20.3 Å². The van der Waals surface area contributed by atoms with Crippen LogP contribution in [0.3, 0.4) is 0 Å². The van der Waals surface area contributed by atoms with Crippen LogP contribution in [-0.4, -0.2) is 25.1 Å². The molecule has 2 bridgehead atoms. The molecular weight excluding hydrogens is 331 g/mol. The van der Waals surface area contributed by atoms with Crippen molar-refractivity contribution in [1.29, 1.82) is 0 Å². The van der Waals surface area contributed by atoms with E-state index in [0.717, 1.165) is 31.4 Å². The molecule has 6 rings (SSSR count). The largest absolute Gasteiger partial charge is 0.421 e. The molecule has 3 fully saturated rings. The Bertz CT molecular complexity index is 961. The van der Waals surface area contributed by atoms with Crippen molar-refractivity contribution in [3.8, 4) is 5.82 Å². The topological polar surface area (TPSA) is 55.6 Å². The molecule has 0 unspecified atom stereocenters. The first-order chi connectivity index (χ1) is 11.9. The van der Waals surface area contributed by atoms with Crippen molar-refractivity contribution in [2.45, 2.75) is 31.0 Å². The zero-order chi connectivity index (χ0) is 17.2. The fourth-order valence-electron chi connectivity index (χ4n) is 3.81. The molecule has 5 nitrogen and oxygen atoms in total. The van der Waals surface area contributed by atoms with Gasteiger partial charge in [-0.2, -0.15) is 18.2 Å². The maximum absolute atomic E-state index is 13.5. The minimum atomic E-state index is -4.55. The van der Waals surface area contributed by atoms with Crippen molar-refractivity contribution >= 4 is 17.0 Å². The lowest BCUT2D eigenvalue weighted by Gasteiger charge is -2.61. The number of aromatic nitrogens is 4. The third kappa shape index (κ3) is 2.20. The van der Waals surface area contributed by atoms with Gasteiger partial charge in [0.2, 0.25) is 5.95 Å². The van der Waals surface area contributed by atoms with Crippen LogP contribution in [0, 0.1) is 5.92 Å². The van der Waals surface area contributed by atoms with E-state index in [9.17, 15) is 13.2 Å². The van der Waals surface area contributed by atoms with Gasteiger partial charge < -0.3 is 5.32 Å². The van der Waals surface area contributed by atoms with Crippen LogP contribution in [0.4, 0.5) is 19.1 Å². The number of anilines is 1. The fourth-order valence-corrected chi connectivity index (χ4v) is 3.81. The van der Waals surface area contributed by atoms with E-state index in [4.69, 9.17) is 0 Å². The Morgan fingerprint density at radius 2 is 1.88 bits per heavy atom. The minimum Gasteiger partial charge on any atom is -0.349 e. The van der Waals surface area contributed by atoms with Crippen molar-refractivity contribution in [2.24, 2.45) is 5.92 Å². The van der Waals surface area contributed by atoms with E-state index < -0.39 is 11.7 Å². The number of nitrogens with one attached hydrogen (secondary N) is 1. The van der Waals surface area contributed by atoms with Crippen molar-refractivity contribution in [2.75, 3.05) is 5.32 Å². The van der Waals surface area contributed by atoms with Crippen LogP contribution in [0.15, 0.2) is 36.8 Å². The summed E-state index contributed by atoms with van der Waals surface area (Å²) in [5.74, 6) is 0.781. The van der Waals surface area contributed by atoms with E-state index >= 15 is 0 Å². The van der Waals surface area contributed by atoms with Gasteiger partial charge in [-0.3, -0.25) is 4.57 Å². The summed E-state index contributed by atoms with van der Waals surface area (Å²) in [5.41, 5.74) is 0.295. The van der Waals surface area contributed by atoms with Gasteiger partial charge in [-0.15, -0.1) is 0 Å². The summed E-state index contributed by atoms with van der Waals surface area (Å²) in [4.78, 5) is 12.3. The van der Waals surface area contributed by atoms with E-state index in [0.29, 0.717) is 11.0 Å². The lowest BCUT2D eigenvalue weighted by Crippen LogP contribution is -2.63. The van der Waals surface area contributed by atoms with Crippen LogP contribution in [0.5, 0.6) is 0 Å². The quantitative estimate of drug-likeness (QED) is 0.784. The number of para-hydroxylation sites is 2. The van der Waals surface area contributed by atoms with E-state index in [1.807, 2.05) is 0 Å². The zero-order valence-electron chi connectivity index (χ0n) is 13.1. The average molecular weight is 345 g/mol. The second-order valence-electron chi connectivity index (χ2n) is 6.92. The molecule has 1 N–H and O–H groups in total. The Morgan fingerprint density at radius 1 is 1.12 bits per heavy atom. The Balaban J connectivity index is 1.64. The molecule has 0 atom stereocenters. The van der Waals surface area contributed by atoms with Crippen LogP contribution >= 0.6 is 0 Å². The highest BCUT2D eigenvalue weighted by Gasteiger charge is 2.57. The number of hydrogen-bond donors (Lipinski definition) is 1. The zero-order valence-corrected chi connectivity index (χ0v) is 13.1. The van der Waals surface area contributed by atoms with Gasteiger partial charge in [-0.05, 0) is 37.3 Å². The second-order valence-corrected chi connectivity index (χ2v) is 6.92. The standard InChI is InChI=1S/C17H14F3N5/c18-17(19,20)11-8-21-15(24-16-5-10(6-16)7-16)23-14(11)25-9-22-12-3-1-2-4-13(12)25/h1-4,8-10H,5-7H2,(H,21,23,24). The van der Waals surface area contributed by atoms with Crippen LogP contribution < -0.4 is 5.32 Å². The maximum Gasteiger partial charge on any atom is 0.421 e. The monoisotopic (exact) mass is 345 g/mol. The van der Waals surface area contributed by atoms with Gasteiger partial charge in [0.25, 0.3) is 0 Å². The number of hydrogen-bond acceptors (Lipinski definition) is 4. The summed E-state index contributed by atoms with van der Waals surface area (Å²) in [6.45, 7) is 0. The van der Waals surface area contributed by atoms with E-state index in [-0.39, 0.29) is 17.3 Å². The van der Waals surface area contributed by atoms with Gasteiger partial charge in [0.1, 0.15) is 11.9 Å². The minimum absolute atomic E-state index is 0.0152. The smallest absolute Gasteiger partial charge is 0.349 e. The predicted molar refractivity (Wildman–Crippen MR) is 85.4 cm³/mol. The van der Waals surface area contributed by atoms with E-state index in [1.165, 1.54) is 10.9 Å². The van der Waals surface area contributed by atoms with Crippen LogP contribution in [0.1, 0.15) is 24.8 Å². The molecule has 3 aliphatic rings. The molecule has 128 valence electrons. The van der Waals surface area contributed by atoms with Gasteiger partial charge in [-0.1, -0.05) is 12.1 Å². The fraction of sp³-hybridized carbons (Fsp3) is 0.353. The lowest BCUT2D eigenvalue weighted by atomic mass is 9.50. The van der Waals surface area contributed by atoms with Gasteiger partial charge in [-0.25, -0.2) is 9.97 Å². The third-order valence-corrected chi connectivity index (χ3v) is 5.17. The normalized spacial score (nSPS) is 24.7. The Labute approximate surface area is 140 Å². The van der Waals surface area contributed by atoms with Crippen molar-refractivity contribution in [3.05, 3.63) is 42.4 Å². The SMILES string of the molecule is FC(F)(F)c1cnc(NC23CC(C2)C3)nc1-n1cnc2ccccc21. The average Bonchev–Trinajstić information content (AvgIpc) is 2.92. The maximum atomic E-state index is 13.5. The summed E-state index contributed by atoms with van der Waals surface area (Å²) < 4.78 is 41.8. The molecule has 3 saturated carbocycles. The first-order valence-electron chi connectivity index (χ1n) is 8.08. The summed E-state index contributed by atoms with van der Waals surface area (Å²) in [7, 11) is 0. The first-order valence-corrected chi connectivity index (χ1v) is 8.08. The van der Waals surface area contributed by atoms with Gasteiger partial charge in [0, 0.05) is 11.7 Å². The predicted octanol–water partition coefficient (Wildman–Crippen LogP) is 3.80. The van der Waals surface area contributed by atoms with E-state index in [1.54, 1.807) is 24.3 Å². The van der Waals surface area contributed by atoms with Crippen molar-refractivity contribution in [1.82, 2.24) is 19.5 Å². The third-order valence-electron chi connectivity index (χ3n) is 5.17. The Kier molecular flexibility index (Phi) is 2.77. The Hall–Kier alpha value is -2.64. The molecule has 0 amide bonds. The molecule has 1 aromatic carbocycles. The highest BCUT2D eigenvalue weighted by Crippen LogP contribution is 2.58. The van der Waals surface area contributed by atoms with Crippen molar-refractivity contribution < 1.29 is 13.2 Å². The van der Waals surface area contributed by atoms with Crippen LogP contribution in [-0.2, 0) is 6.18 Å². The Morgan fingerprint density at radius 3 is 2.56 bits per heavy atom. The van der Waals surface area contributed by atoms with Gasteiger partial charge >= 0.3 is 6.18 Å². The molecule has 8 heteroatoms. The highest BCUT2D eigenvalue weighted by molar-refractivity contribution is 5.77. The number of nitrogens with zero attached hydrogens (tertiary/aromatic N) is 4. The van der Waals surface area contributed by atoms with Gasteiger partial charge in [0.15, 0.2) is 5.82 Å². The second kappa shape index (κ2) is 4.71. The van der Waals surface area contributed by atoms with Gasteiger partial charge in [0.05, 0.1) is 11.0 Å². The number of halogens is 3. The molecule has 3 aromatic rings. The molecule has 0 radical (unpaired) electrons. The molecule has 25 heavy (non-hydrogen) atoms. The molecule has 2 aromatic heterocycles. The number of fused-ring (bicyclic) bond motifs is 1. The van der Waals surface area contributed by atoms with Crippen LogP contribution in [0.2, 0.25) is 0 Å². The molecule has 0 aliphatic heterocycles. The summed E-state index contributed by atoms with van der Waals surface area (Å²) in [5, 5.41) is 3.23. The number of rotatable bonds is 3. The summed E-state index contributed by atoms with van der Waals surface area (Å²) in [6.07, 6.45) is 0.801. The number of alkyl halides is 3. The molecule has 3 aliphatic carbocycles.